The van der Waals surface area contributed by atoms with Crippen LogP contribution >= 0.6 is 11.8 Å². The number of amides is 1. The van der Waals surface area contributed by atoms with E-state index in [1.54, 1.807) is 6.08 Å². The van der Waals surface area contributed by atoms with Crippen molar-refractivity contribution in [3.63, 3.8) is 0 Å². The summed E-state index contributed by atoms with van der Waals surface area (Å²) in [6.07, 6.45) is 2.54. The molecule has 0 aromatic heterocycles. The number of carbonyl (C=O) groups excluding carboxylic acids is 2. The van der Waals surface area contributed by atoms with Gasteiger partial charge in [0.1, 0.15) is 0 Å². The fourth-order valence-corrected chi connectivity index (χ4v) is 3.77. The van der Waals surface area contributed by atoms with Gasteiger partial charge in [-0.2, -0.15) is 0 Å². The molecule has 1 amide bonds. The zero-order valence-electron chi connectivity index (χ0n) is 16.3. The van der Waals surface area contributed by atoms with Crippen LogP contribution in [0, 0.1) is 0 Å². The number of aliphatic imine (C=N–C) groups is 1. The van der Waals surface area contributed by atoms with Crippen LogP contribution in [-0.4, -0.2) is 29.3 Å². The first-order valence-electron chi connectivity index (χ1n) is 9.33. The third-order valence-electron chi connectivity index (χ3n) is 4.26. The first-order valence-corrected chi connectivity index (χ1v) is 10.2. The van der Waals surface area contributed by atoms with E-state index in [9.17, 15) is 9.59 Å². The molecule has 29 heavy (non-hydrogen) atoms. The third kappa shape index (κ3) is 5.71. The topological polar surface area (TPSA) is 79.8 Å². The number of esters is 1. The van der Waals surface area contributed by atoms with Gasteiger partial charge < -0.3 is 15.4 Å². The summed E-state index contributed by atoms with van der Waals surface area (Å²) in [7, 11) is 1.36. The number of fused-ring (bicyclic) bond motifs is 1. The first kappa shape index (κ1) is 20.7. The highest BCUT2D eigenvalue weighted by Gasteiger charge is 2.22. The summed E-state index contributed by atoms with van der Waals surface area (Å²) in [5.41, 5.74) is 2.99. The lowest BCUT2D eigenvalue weighted by Crippen LogP contribution is -2.25. The number of benzene rings is 2. The minimum Gasteiger partial charge on any atom is -0.469 e. The summed E-state index contributed by atoms with van der Waals surface area (Å²) in [6, 6.07) is 17.0. The molecule has 2 aromatic rings. The summed E-state index contributed by atoms with van der Waals surface area (Å²) in [4.78, 5) is 29.3. The van der Waals surface area contributed by atoms with Crippen molar-refractivity contribution >= 4 is 45.7 Å². The molecule has 2 aromatic carbocycles. The van der Waals surface area contributed by atoms with Crippen molar-refractivity contribution in [1.29, 1.82) is 0 Å². The van der Waals surface area contributed by atoms with Crippen LogP contribution in [0.5, 0.6) is 0 Å². The number of nitrogens with zero attached hydrogens (tertiary/aromatic N) is 1. The van der Waals surface area contributed by atoms with Crippen molar-refractivity contribution in [2.24, 2.45) is 4.99 Å². The predicted octanol–water partition coefficient (Wildman–Crippen LogP) is 4.74. The van der Waals surface area contributed by atoms with Crippen molar-refractivity contribution in [3.05, 3.63) is 66.4 Å². The van der Waals surface area contributed by atoms with Crippen molar-refractivity contribution < 1.29 is 14.3 Å². The minimum atomic E-state index is -0.346. The average molecular weight is 410 g/mol. The molecule has 3 rings (SSSR count). The maximum absolute atomic E-state index is 12.8. The molecule has 2 N–H and O–H groups in total. The van der Waals surface area contributed by atoms with Crippen molar-refractivity contribution in [3.8, 4) is 0 Å². The van der Waals surface area contributed by atoms with E-state index in [1.165, 1.54) is 18.9 Å². The minimum absolute atomic E-state index is 0.0835. The second-order valence-electron chi connectivity index (χ2n) is 6.38. The number of ether oxygens (including phenoxy) is 1. The Morgan fingerprint density at radius 2 is 1.86 bits per heavy atom. The monoisotopic (exact) mass is 409 g/mol. The standard InChI is InChI=1S/C22H23N3O3S/c1-3-19(22(27)24-15-9-5-4-6-10-15)29-20-13-16(14-21(26)28-2)23-17-11-7-8-12-18(17)25-20/h4-13,19,23H,3,14H2,1-2H3,(H,24,27)/t19-/m0/s1. The Kier molecular flexibility index (Phi) is 7.08. The van der Waals surface area contributed by atoms with E-state index >= 15 is 0 Å². The molecule has 1 heterocycles. The van der Waals surface area contributed by atoms with Crippen LogP contribution in [0.1, 0.15) is 19.8 Å². The van der Waals surface area contributed by atoms with Gasteiger partial charge in [-0.15, -0.1) is 0 Å². The van der Waals surface area contributed by atoms with Crippen molar-refractivity contribution in [2.75, 3.05) is 17.7 Å². The molecule has 0 spiro atoms. The summed E-state index contributed by atoms with van der Waals surface area (Å²) in [6.45, 7) is 1.96. The number of nitrogens with one attached hydrogen (secondary N) is 2. The molecular formula is C22H23N3O3S. The maximum Gasteiger partial charge on any atom is 0.311 e. The molecule has 0 unspecified atom stereocenters. The van der Waals surface area contributed by atoms with Crippen LogP contribution in [0.3, 0.4) is 0 Å². The third-order valence-corrected chi connectivity index (χ3v) is 5.54. The van der Waals surface area contributed by atoms with Crippen LogP contribution < -0.4 is 10.6 Å². The van der Waals surface area contributed by atoms with Crippen LogP contribution in [0.4, 0.5) is 17.1 Å². The Balaban J connectivity index is 1.83. The van der Waals surface area contributed by atoms with E-state index in [-0.39, 0.29) is 23.5 Å². The Morgan fingerprint density at radius 1 is 1.14 bits per heavy atom. The number of rotatable bonds is 6. The van der Waals surface area contributed by atoms with Gasteiger partial charge in [-0.05, 0) is 36.8 Å². The highest BCUT2D eigenvalue weighted by atomic mass is 32.2. The van der Waals surface area contributed by atoms with E-state index in [4.69, 9.17) is 9.73 Å². The number of para-hydroxylation sites is 3. The van der Waals surface area contributed by atoms with E-state index in [1.807, 2.05) is 61.5 Å². The van der Waals surface area contributed by atoms with Gasteiger partial charge in [-0.1, -0.05) is 49.0 Å². The lowest BCUT2D eigenvalue weighted by Gasteiger charge is -2.15. The van der Waals surface area contributed by atoms with Gasteiger partial charge in [0.2, 0.25) is 5.91 Å². The molecule has 1 atom stereocenters. The van der Waals surface area contributed by atoms with Gasteiger partial charge in [0.15, 0.2) is 0 Å². The molecule has 0 fully saturated rings. The lowest BCUT2D eigenvalue weighted by atomic mass is 10.2. The summed E-state index contributed by atoms with van der Waals surface area (Å²) in [5.74, 6) is -0.429. The molecule has 0 aliphatic carbocycles. The summed E-state index contributed by atoms with van der Waals surface area (Å²) < 4.78 is 4.79. The normalized spacial score (nSPS) is 13.7. The molecule has 150 valence electrons. The molecule has 0 saturated carbocycles. The predicted molar refractivity (Wildman–Crippen MR) is 119 cm³/mol. The second kappa shape index (κ2) is 9.93. The largest absolute Gasteiger partial charge is 0.469 e. The van der Waals surface area contributed by atoms with Gasteiger partial charge in [0.05, 0.1) is 35.2 Å². The Labute approximate surface area is 174 Å². The average Bonchev–Trinajstić information content (AvgIpc) is 2.90. The number of carbonyl (C=O) groups is 2. The highest BCUT2D eigenvalue weighted by Crippen LogP contribution is 2.32. The number of methoxy groups -OCH3 is 1. The van der Waals surface area contributed by atoms with Gasteiger partial charge in [-0.25, -0.2) is 4.99 Å². The van der Waals surface area contributed by atoms with E-state index in [0.29, 0.717) is 17.2 Å². The SMILES string of the molecule is CC[C@H](SC1=Nc2ccccc2NC(CC(=O)OC)=C1)C(=O)Nc1ccccc1. The van der Waals surface area contributed by atoms with Crippen LogP contribution in [0.2, 0.25) is 0 Å². The van der Waals surface area contributed by atoms with Crippen LogP contribution in [-0.2, 0) is 14.3 Å². The van der Waals surface area contributed by atoms with Crippen LogP contribution in [0.15, 0.2) is 71.4 Å². The zero-order chi connectivity index (χ0) is 20.6. The molecule has 0 bridgehead atoms. The molecule has 1 aliphatic rings. The molecule has 1 aliphatic heterocycles. The van der Waals surface area contributed by atoms with Gasteiger partial charge in [0, 0.05) is 11.4 Å². The van der Waals surface area contributed by atoms with E-state index < -0.39 is 0 Å². The highest BCUT2D eigenvalue weighted by molar-refractivity contribution is 8.15. The van der Waals surface area contributed by atoms with Gasteiger partial charge in [0.25, 0.3) is 0 Å². The van der Waals surface area contributed by atoms with E-state index in [0.717, 1.165) is 17.1 Å². The maximum atomic E-state index is 12.8. The summed E-state index contributed by atoms with van der Waals surface area (Å²) >= 11 is 1.38. The molecule has 6 nitrogen and oxygen atoms in total. The fourth-order valence-electron chi connectivity index (χ4n) is 2.78. The smallest absolute Gasteiger partial charge is 0.311 e. The molecule has 0 radical (unpaired) electrons. The Bertz CT molecular complexity index is 941. The van der Waals surface area contributed by atoms with Gasteiger partial charge in [-0.3, -0.25) is 9.59 Å². The van der Waals surface area contributed by atoms with Crippen LogP contribution in [0.25, 0.3) is 0 Å². The second-order valence-corrected chi connectivity index (χ2v) is 7.61. The lowest BCUT2D eigenvalue weighted by molar-refractivity contribution is -0.139. The molecular weight excluding hydrogens is 386 g/mol. The summed E-state index contributed by atoms with van der Waals surface area (Å²) in [5, 5.41) is 6.53. The van der Waals surface area contributed by atoms with Crippen molar-refractivity contribution in [1.82, 2.24) is 0 Å². The number of thioether (sulfide) groups is 1. The first-order chi connectivity index (χ1) is 14.1. The Hall–Kier alpha value is -3.06. The van der Waals surface area contributed by atoms with Crippen molar-refractivity contribution in [2.45, 2.75) is 25.0 Å². The molecule has 0 saturated heterocycles. The fraction of sp³-hybridized carbons (Fsp3) is 0.227. The zero-order valence-corrected chi connectivity index (χ0v) is 17.2. The van der Waals surface area contributed by atoms with E-state index in [2.05, 4.69) is 10.6 Å². The number of hydrogen-bond donors (Lipinski definition) is 2. The van der Waals surface area contributed by atoms with Gasteiger partial charge >= 0.3 is 5.97 Å². The number of anilines is 2. The Morgan fingerprint density at radius 3 is 2.59 bits per heavy atom. The number of hydrogen-bond acceptors (Lipinski definition) is 6. The molecule has 7 heteroatoms. The quantitative estimate of drug-likeness (QED) is 0.674.